The number of carbonyl (C=O) groups is 2. The molecule has 0 radical (unpaired) electrons. The molecule has 26 heavy (non-hydrogen) atoms. The van der Waals surface area contributed by atoms with E-state index >= 15 is 0 Å². The Labute approximate surface area is 155 Å². The minimum atomic E-state index is -0.743. The van der Waals surface area contributed by atoms with Gasteiger partial charge in [0.15, 0.2) is 0 Å². The van der Waals surface area contributed by atoms with Gasteiger partial charge in [-0.2, -0.15) is 0 Å². The lowest BCUT2D eigenvalue weighted by molar-refractivity contribution is -0.118. The van der Waals surface area contributed by atoms with E-state index in [1.807, 2.05) is 62.4 Å². The molecule has 2 aromatic carbocycles. The van der Waals surface area contributed by atoms with E-state index in [4.69, 9.17) is 4.74 Å². The van der Waals surface area contributed by atoms with E-state index in [2.05, 4.69) is 10.6 Å². The highest BCUT2D eigenvalue weighted by Gasteiger charge is 2.24. The summed E-state index contributed by atoms with van der Waals surface area (Å²) in [6, 6.07) is 16.3. The summed E-state index contributed by atoms with van der Waals surface area (Å²) in [7, 11) is 1.95. The maximum Gasteiger partial charge on any atom is 0.408 e. The molecule has 5 nitrogen and oxygen atoms in total. The molecule has 0 saturated heterocycles. The van der Waals surface area contributed by atoms with Crippen molar-refractivity contribution in [2.75, 3.05) is 5.32 Å². The van der Waals surface area contributed by atoms with Crippen LogP contribution in [0.2, 0.25) is 0 Å². The maximum absolute atomic E-state index is 12.7. The van der Waals surface area contributed by atoms with E-state index in [1.165, 1.54) is 0 Å². The average molecular weight is 352 g/mol. The summed E-state index contributed by atoms with van der Waals surface area (Å²) in [4.78, 5) is 24.9. The number of ether oxygens (including phenoxy) is 1. The van der Waals surface area contributed by atoms with E-state index < -0.39 is 17.7 Å². The lowest BCUT2D eigenvalue weighted by atomic mass is 9.96. The third-order valence-electron chi connectivity index (χ3n) is 3.58. The molecular weight excluding hydrogens is 327 g/mol. The molecule has 0 fully saturated rings. The molecular formula is C20H25BN2O3. The van der Waals surface area contributed by atoms with Gasteiger partial charge in [0.2, 0.25) is 5.91 Å². The molecule has 136 valence electrons. The van der Waals surface area contributed by atoms with E-state index in [0.29, 0.717) is 12.1 Å². The second-order valence-corrected chi connectivity index (χ2v) is 7.25. The van der Waals surface area contributed by atoms with Crippen molar-refractivity contribution in [1.82, 2.24) is 5.32 Å². The van der Waals surface area contributed by atoms with Crippen molar-refractivity contribution < 1.29 is 14.3 Å². The first-order valence-electron chi connectivity index (χ1n) is 8.64. The molecule has 0 bridgehead atoms. The molecule has 0 aliphatic heterocycles. The Morgan fingerprint density at radius 2 is 1.77 bits per heavy atom. The molecule has 2 amide bonds. The molecule has 0 aromatic heterocycles. The standard InChI is InChI=1S/C20H25BN2O3/c1-20(2,3)26-19(25)23-17(12-14-8-5-4-6-9-14)18(24)22-16-11-7-10-15(21)13-16/h4-11,13,17H,12,21H2,1-3H3,(H,22,24)(H,23,25)/t17-/m0/s1. The second-order valence-electron chi connectivity index (χ2n) is 7.25. The molecule has 0 unspecified atom stereocenters. The Hall–Kier alpha value is -2.76. The van der Waals surface area contributed by atoms with Crippen LogP contribution >= 0.6 is 0 Å². The van der Waals surface area contributed by atoms with Crippen molar-refractivity contribution in [3.63, 3.8) is 0 Å². The van der Waals surface area contributed by atoms with Crippen molar-refractivity contribution in [1.29, 1.82) is 0 Å². The van der Waals surface area contributed by atoms with Crippen LogP contribution in [0, 0.1) is 0 Å². The fourth-order valence-corrected chi connectivity index (χ4v) is 2.46. The number of hydrogen-bond donors (Lipinski definition) is 2. The zero-order chi connectivity index (χ0) is 19.2. The van der Waals surface area contributed by atoms with Gasteiger partial charge in [0.1, 0.15) is 19.5 Å². The van der Waals surface area contributed by atoms with Crippen LogP contribution in [0.5, 0.6) is 0 Å². The molecule has 0 spiro atoms. The SMILES string of the molecule is Bc1cccc(NC(=O)[C@H](Cc2ccccc2)NC(=O)OC(C)(C)C)c1. The molecule has 6 heteroatoms. The summed E-state index contributed by atoms with van der Waals surface area (Å²) in [6.45, 7) is 5.35. The van der Waals surface area contributed by atoms with E-state index in [9.17, 15) is 9.59 Å². The smallest absolute Gasteiger partial charge is 0.408 e. The topological polar surface area (TPSA) is 67.4 Å². The molecule has 0 saturated carbocycles. The van der Waals surface area contributed by atoms with Gasteiger partial charge in [-0.15, -0.1) is 0 Å². The number of anilines is 1. The number of nitrogens with one attached hydrogen (secondary N) is 2. The van der Waals surface area contributed by atoms with Crippen LogP contribution in [0.25, 0.3) is 0 Å². The summed E-state index contributed by atoms with van der Waals surface area (Å²) in [5.41, 5.74) is 2.06. The molecule has 0 aliphatic carbocycles. The first-order valence-corrected chi connectivity index (χ1v) is 8.64. The van der Waals surface area contributed by atoms with Crippen molar-refractivity contribution in [2.24, 2.45) is 0 Å². The summed E-state index contributed by atoms with van der Waals surface area (Å²) >= 11 is 0. The van der Waals surface area contributed by atoms with Gasteiger partial charge in [0, 0.05) is 12.1 Å². The Kier molecular flexibility index (Phi) is 6.44. The number of alkyl carbamates (subject to hydrolysis) is 1. The minimum absolute atomic E-state index is 0.287. The zero-order valence-corrected chi connectivity index (χ0v) is 15.7. The molecule has 1 atom stereocenters. The van der Waals surface area contributed by atoms with Crippen molar-refractivity contribution in [2.45, 2.75) is 38.8 Å². The fourth-order valence-electron chi connectivity index (χ4n) is 2.46. The van der Waals surface area contributed by atoms with Gasteiger partial charge < -0.3 is 15.4 Å². The number of hydrogen-bond acceptors (Lipinski definition) is 3. The van der Waals surface area contributed by atoms with Crippen LogP contribution in [0.3, 0.4) is 0 Å². The predicted octanol–water partition coefficient (Wildman–Crippen LogP) is 2.02. The Balaban J connectivity index is 2.13. The van der Waals surface area contributed by atoms with Gasteiger partial charge in [-0.25, -0.2) is 4.79 Å². The Morgan fingerprint density at radius 1 is 1.08 bits per heavy atom. The largest absolute Gasteiger partial charge is 0.444 e. The van der Waals surface area contributed by atoms with E-state index in [-0.39, 0.29) is 5.91 Å². The lowest BCUT2D eigenvalue weighted by Gasteiger charge is -2.23. The Morgan fingerprint density at radius 3 is 2.38 bits per heavy atom. The van der Waals surface area contributed by atoms with Crippen LogP contribution in [-0.4, -0.2) is 31.5 Å². The quantitative estimate of drug-likeness (QED) is 0.809. The van der Waals surface area contributed by atoms with Crippen LogP contribution in [-0.2, 0) is 16.0 Å². The highest BCUT2D eigenvalue weighted by atomic mass is 16.6. The van der Waals surface area contributed by atoms with Crippen molar-refractivity contribution in [3.05, 3.63) is 60.2 Å². The highest BCUT2D eigenvalue weighted by Crippen LogP contribution is 2.10. The van der Waals surface area contributed by atoms with Crippen LogP contribution < -0.4 is 16.1 Å². The van der Waals surface area contributed by atoms with Crippen molar-refractivity contribution >= 4 is 31.0 Å². The summed E-state index contributed by atoms with van der Waals surface area (Å²) in [6.07, 6.45) is -0.240. The van der Waals surface area contributed by atoms with E-state index in [1.54, 1.807) is 20.8 Å². The van der Waals surface area contributed by atoms with Gasteiger partial charge in [0.05, 0.1) is 0 Å². The number of benzene rings is 2. The predicted molar refractivity (Wildman–Crippen MR) is 107 cm³/mol. The van der Waals surface area contributed by atoms with Gasteiger partial charge >= 0.3 is 6.09 Å². The maximum atomic E-state index is 12.7. The third-order valence-corrected chi connectivity index (χ3v) is 3.58. The van der Waals surface area contributed by atoms with Crippen LogP contribution in [0.1, 0.15) is 26.3 Å². The number of rotatable bonds is 5. The Bertz CT molecular complexity index is 757. The zero-order valence-electron chi connectivity index (χ0n) is 15.7. The molecule has 2 rings (SSSR count). The third kappa shape index (κ3) is 6.63. The fraction of sp³-hybridized carbons (Fsp3) is 0.300. The summed E-state index contributed by atoms with van der Waals surface area (Å²) < 4.78 is 5.30. The van der Waals surface area contributed by atoms with E-state index in [0.717, 1.165) is 11.0 Å². The average Bonchev–Trinajstić information content (AvgIpc) is 2.53. The van der Waals surface area contributed by atoms with Gasteiger partial charge in [0.25, 0.3) is 0 Å². The second kappa shape index (κ2) is 8.56. The first kappa shape index (κ1) is 19.6. The summed E-state index contributed by atoms with van der Waals surface area (Å²) in [5, 5.41) is 5.55. The van der Waals surface area contributed by atoms with Gasteiger partial charge in [-0.05, 0) is 38.5 Å². The highest BCUT2D eigenvalue weighted by molar-refractivity contribution is 6.32. The summed E-state index contributed by atoms with van der Waals surface area (Å²) in [5.74, 6) is -0.287. The normalized spacial score (nSPS) is 12.1. The van der Waals surface area contributed by atoms with Crippen molar-refractivity contribution in [3.8, 4) is 0 Å². The first-order chi connectivity index (χ1) is 12.2. The van der Waals surface area contributed by atoms with Crippen LogP contribution in [0.15, 0.2) is 54.6 Å². The molecule has 0 aliphatic rings. The lowest BCUT2D eigenvalue weighted by Crippen LogP contribution is -2.47. The number of carbonyl (C=O) groups excluding carboxylic acids is 2. The molecule has 2 aromatic rings. The minimum Gasteiger partial charge on any atom is -0.444 e. The van der Waals surface area contributed by atoms with Gasteiger partial charge in [-0.1, -0.05) is 47.9 Å². The monoisotopic (exact) mass is 352 g/mol. The van der Waals surface area contributed by atoms with Crippen LogP contribution in [0.4, 0.5) is 10.5 Å². The molecule has 2 N–H and O–H groups in total. The van der Waals surface area contributed by atoms with Gasteiger partial charge in [-0.3, -0.25) is 4.79 Å². The molecule has 0 heterocycles. The number of amides is 2.